The highest BCUT2D eigenvalue weighted by molar-refractivity contribution is 6.42. The van der Waals surface area contributed by atoms with Crippen molar-refractivity contribution in [2.45, 2.75) is 31.2 Å². The van der Waals surface area contributed by atoms with Crippen molar-refractivity contribution in [1.82, 2.24) is 15.1 Å². The smallest absolute Gasteiger partial charge is 0.251 e. The Labute approximate surface area is 197 Å². The SMILES string of the molecule is O=C(NCC(=O)N1CCC(N2CCC(c3cccc(F)c3)CC2)C1)c1ccc(Cl)c(Cl)c1. The minimum atomic E-state index is -0.355. The van der Waals surface area contributed by atoms with E-state index >= 15 is 0 Å². The van der Waals surface area contributed by atoms with E-state index < -0.39 is 0 Å². The van der Waals surface area contributed by atoms with Crippen LogP contribution in [0.25, 0.3) is 0 Å². The molecule has 1 unspecified atom stereocenters. The van der Waals surface area contributed by atoms with Crippen LogP contribution in [0.2, 0.25) is 10.0 Å². The standard InChI is InChI=1S/C24H26Cl2FN3O2/c25-21-5-4-18(13-22(21)26)24(32)28-14-23(31)30-11-8-20(15-30)29-9-6-16(7-10-29)17-2-1-3-19(27)12-17/h1-5,12-13,16,20H,6-11,14-15H2,(H,28,32). The molecule has 2 heterocycles. The van der Waals surface area contributed by atoms with Gasteiger partial charge in [0, 0.05) is 24.7 Å². The molecule has 0 saturated carbocycles. The van der Waals surface area contributed by atoms with Crippen molar-refractivity contribution < 1.29 is 14.0 Å². The molecule has 2 fully saturated rings. The molecule has 8 heteroatoms. The molecular weight excluding hydrogens is 452 g/mol. The Hall–Kier alpha value is -2.15. The molecule has 2 aromatic carbocycles. The van der Waals surface area contributed by atoms with Crippen LogP contribution in [-0.2, 0) is 4.79 Å². The molecule has 32 heavy (non-hydrogen) atoms. The van der Waals surface area contributed by atoms with Crippen LogP contribution in [0.4, 0.5) is 4.39 Å². The van der Waals surface area contributed by atoms with E-state index in [2.05, 4.69) is 10.2 Å². The van der Waals surface area contributed by atoms with Gasteiger partial charge in [0.2, 0.25) is 5.91 Å². The van der Waals surface area contributed by atoms with Crippen LogP contribution in [0.15, 0.2) is 42.5 Å². The summed E-state index contributed by atoms with van der Waals surface area (Å²) in [6.07, 6.45) is 2.92. The van der Waals surface area contributed by atoms with Crippen LogP contribution in [0.3, 0.4) is 0 Å². The van der Waals surface area contributed by atoms with Gasteiger partial charge in [-0.1, -0.05) is 35.3 Å². The third-order valence-corrected chi connectivity index (χ3v) is 7.20. The molecule has 2 aliphatic heterocycles. The first-order valence-electron chi connectivity index (χ1n) is 10.9. The van der Waals surface area contributed by atoms with Gasteiger partial charge in [0.15, 0.2) is 0 Å². The zero-order chi connectivity index (χ0) is 22.7. The molecule has 2 aliphatic rings. The van der Waals surface area contributed by atoms with E-state index in [-0.39, 0.29) is 24.2 Å². The molecule has 1 atom stereocenters. The van der Waals surface area contributed by atoms with E-state index in [0.717, 1.165) is 37.9 Å². The van der Waals surface area contributed by atoms with Crippen molar-refractivity contribution in [2.24, 2.45) is 0 Å². The summed E-state index contributed by atoms with van der Waals surface area (Å²) in [7, 11) is 0. The van der Waals surface area contributed by atoms with Crippen LogP contribution < -0.4 is 5.32 Å². The molecule has 0 aliphatic carbocycles. The van der Waals surface area contributed by atoms with Crippen molar-refractivity contribution in [2.75, 3.05) is 32.7 Å². The minimum Gasteiger partial charge on any atom is -0.343 e. The Bertz CT molecular complexity index is 995. The monoisotopic (exact) mass is 477 g/mol. The zero-order valence-corrected chi connectivity index (χ0v) is 19.2. The molecule has 1 N–H and O–H groups in total. The van der Waals surface area contributed by atoms with E-state index in [4.69, 9.17) is 23.2 Å². The molecule has 2 aromatic rings. The average Bonchev–Trinajstić information content (AvgIpc) is 3.29. The summed E-state index contributed by atoms with van der Waals surface area (Å²) in [5.74, 6) is -0.235. The van der Waals surface area contributed by atoms with Gasteiger partial charge < -0.3 is 10.2 Å². The molecule has 170 valence electrons. The summed E-state index contributed by atoms with van der Waals surface area (Å²) in [6, 6.07) is 11.9. The number of rotatable bonds is 5. The topological polar surface area (TPSA) is 52.7 Å². The van der Waals surface area contributed by atoms with Gasteiger partial charge in [0.05, 0.1) is 16.6 Å². The Kier molecular flexibility index (Phi) is 7.33. The lowest BCUT2D eigenvalue weighted by atomic mass is 9.89. The van der Waals surface area contributed by atoms with Crippen LogP contribution in [0.1, 0.15) is 41.1 Å². The van der Waals surface area contributed by atoms with Gasteiger partial charge in [-0.25, -0.2) is 4.39 Å². The van der Waals surface area contributed by atoms with E-state index in [1.54, 1.807) is 24.3 Å². The molecule has 0 radical (unpaired) electrons. The number of carbonyl (C=O) groups excluding carboxylic acids is 2. The molecule has 0 bridgehead atoms. The molecular formula is C24H26Cl2FN3O2. The normalized spacial score (nSPS) is 19.8. The first kappa shape index (κ1) is 23.0. The van der Waals surface area contributed by atoms with Gasteiger partial charge in [0.1, 0.15) is 5.82 Å². The van der Waals surface area contributed by atoms with Crippen LogP contribution in [-0.4, -0.2) is 60.4 Å². The predicted molar refractivity (Wildman–Crippen MR) is 124 cm³/mol. The fraction of sp³-hybridized carbons (Fsp3) is 0.417. The molecule has 0 spiro atoms. The number of amides is 2. The number of nitrogens with zero attached hydrogens (tertiary/aromatic N) is 2. The first-order valence-corrected chi connectivity index (χ1v) is 11.7. The van der Waals surface area contributed by atoms with Crippen molar-refractivity contribution in [1.29, 1.82) is 0 Å². The van der Waals surface area contributed by atoms with E-state index in [1.807, 2.05) is 11.0 Å². The number of halogens is 3. The predicted octanol–water partition coefficient (Wildman–Crippen LogP) is 4.34. The average molecular weight is 478 g/mol. The number of hydrogen-bond donors (Lipinski definition) is 1. The van der Waals surface area contributed by atoms with Gasteiger partial charge in [-0.05, 0) is 74.2 Å². The van der Waals surface area contributed by atoms with Crippen molar-refractivity contribution >= 4 is 35.0 Å². The van der Waals surface area contributed by atoms with Crippen LogP contribution in [0, 0.1) is 5.82 Å². The van der Waals surface area contributed by atoms with Gasteiger partial charge in [-0.2, -0.15) is 0 Å². The van der Waals surface area contributed by atoms with Crippen molar-refractivity contribution in [3.8, 4) is 0 Å². The number of benzene rings is 2. The number of hydrogen-bond acceptors (Lipinski definition) is 3. The lowest BCUT2D eigenvalue weighted by Gasteiger charge is -2.36. The quantitative estimate of drug-likeness (QED) is 0.696. The Balaban J connectivity index is 1.23. The van der Waals surface area contributed by atoms with Crippen molar-refractivity contribution in [3.63, 3.8) is 0 Å². The number of likely N-dealkylation sites (tertiary alicyclic amines) is 2. The second kappa shape index (κ2) is 10.2. The molecule has 0 aromatic heterocycles. The maximum absolute atomic E-state index is 13.5. The first-order chi connectivity index (χ1) is 15.4. The maximum Gasteiger partial charge on any atom is 0.251 e. The second-order valence-corrected chi connectivity index (χ2v) is 9.27. The van der Waals surface area contributed by atoms with Crippen LogP contribution >= 0.6 is 23.2 Å². The summed E-state index contributed by atoms with van der Waals surface area (Å²) >= 11 is 11.8. The van der Waals surface area contributed by atoms with Gasteiger partial charge in [-0.3, -0.25) is 14.5 Å². The molecule has 2 amide bonds. The fourth-order valence-electron chi connectivity index (χ4n) is 4.63. The molecule has 2 saturated heterocycles. The molecule has 5 nitrogen and oxygen atoms in total. The van der Waals surface area contributed by atoms with E-state index in [9.17, 15) is 14.0 Å². The Morgan fingerprint density at radius 2 is 1.78 bits per heavy atom. The highest BCUT2D eigenvalue weighted by atomic mass is 35.5. The van der Waals surface area contributed by atoms with Gasteiger partial charge >= 0.3 is 0 Å². The van der Waals surface area contributed by atoms with Gasteiger partial charge in [0.25, 0.3) is 5.91 Å². The lowest BCUT2D eigenvalue weighted by molar-refractivity contribution is -0.129. The van der Waals surface area contributed by atoms with E-state index in [1.165, 1.54) is 12.1 Å². The number of carbonyl (C=O) groups is 2. The number of piperidine rings is 1. The van der Waals surface area contributed by atoms with Crippen LogP contribution in [0.5, 0.6) is 0 Å². The lowest BCUT2D eigenvalue weighted by Crippen LogP contribution is -2.44. The third kappa shape index (κ3) is 5.42. The largest absolute Gasteiger partial charge is 0.343 e. The summed E-state index contributed by atoms with van der Waals surface area (Å²) in [5, 5.41) is 3.35. The van der Waals surface area contributed by atoms with Crippen molar-refractivity contribution in [3.05, 3.63) is 69.5 Å². The highest BCUT2D eigenvalue weighted by Crippen LogP contribution is 2.30. The second-order valence-electron chi connectivity index (χ2n) is 8.46. The van der Waals surface area contributed by atoms with Gasteiger partial charge in [-0.15, -0.1) is 0 Å². The summed E-state index contributed by atoms with van der Waals surface area (Å²) in [6.45, 7) is 3.21. The Morgan fingerprint density at radius 3 is 2.50 bits per heavy atom. The number of nitrogens with one attached hydrogen (secondary N) is 1. The Morgan fingerprint density at radius 1 is 1.00 bits per heavy atom. The maximum atomic E-state index is 13.5. The zero-order valence-electron chi connectivity index (χ0n) is 17.7. The van der Waals surface area contributed by atoms with E-state index in [0.29, 0.717) is 40.7 Å². The fourth-order valence-corrected chi connectivity index (χ4v) is 4.93. The summed E-state index contributed by atoms with van der Waals surface area (Å²) in [5.41, 5.74) is 1.44. The third-order valence-electron chi connectivity index (χ3n) is 6.46. The highest BCUT2D eigenvalue weighted by Gasteiger charge is 2.32. The summed E-state index contributed by atoms with van der Waals surface area (Å²) < 4.78 is 13.5. The minimum absolute atomic E-state index is 0.0482. The summed E-state index contributed by atoms with van der Waals surface area (Å²) in [4.78, 5) is 29.2. The molecule has 4 rings (SSSR count).